The number of nitrogens with one attached hydrogen (secondary N) is 2. The Labute approximate surface area is 145 Å². The Kier molecular flexibility index (Phi) is 7.04. The second-order valence-corrected chi connectivity index (χ2v) is 5.84. The number of benzene rings is 2. The van der Waals surface area contributed by atoms with Gasteiger partial charge in [0.05, 0.1) is 6.21 Å². The van der Waals surface area contributed by atoms with E-state index in [-0.39, 0.29) is 0 Å². The molecular formula is C18H19N3O2S. The summed E-state index contributed by atoms with van der Waals surface area (Å²) in [7, 11) is 0. The fraction of sp³-hybridized carbons (Fsp3) is 0.167. The van der Waals surface area contributed by atoms with E-state index in [0.717, 1.165) is 16.0 Å². The van der Waals surface area contributed by atoms with Gasteiger partial charge >= 0.3 is 11.8 Å². The molecule has 0 aromatic heterocycles. The highest BCUT2D eigenvalue weighted by Gasteiger charge is 2.11. The van der Waals surface area contributed by atoms with Crippen LogP contribution >= 0.6 is 11.8 Å². The van der Waals surface area contributed by atoms with Gasteiger partial charge in [-0.3, -0.25) is 9.59 Å². The number of nitrogens with zero attached hydrogens (tertiary/aromatic N) is 1. The molecule has 0 aliphatic heterocycles. The average molecular weight is 341 g/mol. The molecule has 2 aromatic carbocycles. The van der Waals surface area contributed by atoms with Crippen LogP contribution in [0.3, 0.4) is 0 Å². The zero-order valence-electron chi connectivity index (χ0n) is 13.4. The highest BCUT2D eigenvalue weighted by atomic mass is 32.2. The van der Waals surface area contributed by atoms with Gasteiger partial charge in [0.25, 0.3) is 0 Å². The molecular weight excluding hydrogens is 322 g/mol. The average Bonchev–Trinajstić information content (AvgIpc) is 2.63. The Hall–Kier alpha value is -2.60. The third-order valence-electron chi connectivity index (χ3n) is 3.24. The van der Waals surface area contributed by atoms with Crippen LogP contribution in [-0.2, 0) is 16.0 Å². The van der Waals surface area contributed by atoms with Crippen molar-refractivity contribution in [2.75, 3.05) is 12.8 Å². The summed E-state index contributed by atoms with van der Waals surface area (Å²) in [6.45, 7) is 0.399. The predicted molar refractivity (Wildman–Crippen MR) is 97.1 cm³/mol. The molecule has 0 fully saturated rings. The molecule has 0 unspecified atom stereocenters. The molecule has 0 radical (unpaired) electrons. The smallest absolute Gasteiger partial charge is 0.329 e. The first kappa shape index (κ1) is 17.7. The van der Waals surface area contributed by atoms with Crippen LogP contribution in [0.5, 0.6) is 0 Å². The second-order valence-electron chi connectivity index (χ2n) is 4.96. The molecule has 2 aromatic rings. The molecule has 0 bridgehead atoms. The maximum atomic E-state index is 11.7. The van der Waals surface area contributed by atoms with Gasteiger partial charge in [0.2, 0.25) is 0 Å². The second kappa shape index (κ2) is 9.52. The van der Waals surface area contributed by atoms with E-state index in [1.165, 1.54) is 6.21 Å². The van der Waals surface area contributed by atoms with Crippen LogP contribution in [0.15, 0.2) is 64.6 Å². The summed E-state index contributed by atoms with van der Waals surface area (Å²) < 4.78 is 0. The predicted octanol–water partition coefficient (Wildman–Crippen LogP) is 2.22. The fourth-order valence-electron chi connectivity index (χ4n) is 1.95. The lowest BCUT2D eigenvalue weighted by Gasteiger charge is -2.04. The van der Waals surface area contributed by atoms with Crippen molar-refractivity contribution in [3.63, 3.8) is 0 Å². The lowest BCUT2D eigenvalue weighted by Crippen LogP contribution is -2.38. The number of amides is 2. The van der Waals surface area contributed by atoms with Crippen LogP contribution in [-0.4, -0.2) is 30.8 Å². The first-order valence-electron chi connectivity index (χ1n) is 7.48. The van der Waals surface area contributed by atoms with E-state index < -0.39 is 11.8 Å². The van der Waals surface area contributed by atoms with Crippen LogP contribution in [0.1, 0.15) is 11.1 Å². The topological polar surface area (TPSA) is 70.6 Å². The Bertz CT molecular complexity index is 700. The lowest BCUT2D eigenvalue weighted by atomic mass is 10.1. The molecule has 0 saturated heterocycles. The number of rotatable bonds is 6. The number of thioether (sulfide) groups is 1. The van der Waals surface area contributed by atoms with Gasteiger partial charge in [0, 0.05) is 11.4 Å². The highest BCUT2D eigenvalue weighted by molar-refractivity contribution is 7.98. The molecule has 24 heavy (non-hydrogen) atoms. The monoisotopic (exact) mass is 341 g/mol. The fourth-order valence-corrected chi connectivity index (χ4v) is 2.36. The minimum atomic E-state index is -0.778. The summed E-state index contributed by atoms with van der Waals surface area (Å²) in [4.78, 5) is 24.4. The van der Waals surface area contributed by atoms with Crippen LogP contribution in [0.4, 0.5) is 0 Å². The number of carbonyl (C=O) groups is 2. The van der Waals surface area contributed by atoms with E-state index in [0.29, 0.717) is 13.0 Å². The van der Waals surface area contributed by atoms with Gasteiger partial charge in [-0.2, -0.15) is 5.10 Å². The van der Waals surface area contributed by atoms with Crippen molar-refractivity contribution in [1.29, 1.82) is 0 Å². The van der Waals surface area contributed by atoms with Gasteiger partial charge in [-0.05, 0) is 35.9 Å². The molecule has 5 nitrogen and oxygen atoms in total. The molecule has 0 spiro atoms. The van der Waals surface area contributed by atoms with Crippen molar-refractivity contribution < 1.29 is 9.59 Å². The molecule has 124 valence electrons. The van der Waals surface area contributed by atoms with Gasteiger partial charge in [-0.1, -0.05) is 42.5 Å². The minimum absolute atomic E-state index is 0.399. The SMILES string of the molecule is CSc1ccc(/C=N/NC(=O)C(=O)NCCc2ccccc2)cc1. The van der Waals surface area contributed by atoms with Crippen molar-refractivity contribution in [2.24, 2.45) is 5.10 Å². The Morgan fingerprint density at radius 2 is 1.75 bits per heavy atom. The van der Waals surface area contributed by atoms with Crippen molar-refractivity contribution in [3.8, 4) is 0 Å². The quantitative estimate of drug-likeness (QED) is 0.366. The summed E-state index contributed by atoms with van der Waals surface area (Å²) in [6, 6.07) is 17.4. The maximum Gasteiger partial charge on any atom is 0.329 e. The molecule has 0 atom stereocenters. The van der Waals surface area contributed by atoms with Gasteiger partial charge in [-0.25, -0.2) is 5.43 Å². The first-order chi connectivity index (χ1) is 11.7. The zero-order chi connectivity index (χ0) is 17.2. The maximum absolute atomic E-state index is 11.7. The number of hydrogen-bond donors (Lipinski definition) is 2. The summed E-state index contributed by atoms with van der Waals surface area (Å²) in [5.74, 6) is -1.47. The third kappa shape index (κ3) is 5.89. The summed E-state index contributed by atoms with van der Waals surface area (Å²) >= 11 is 1.65. The first-order valence-corrected chi connectivity index (χ1v) is 8.71. The van der Waals surface area contributed by atoms with E-state index in [1.54, 1.807) is 11.8 Å². The van der Waals surface area contributed by atoms with Crippen LogP contribution < -0.4 is 10.7 Å². The number of hydrazone groups is 1. The van der Waals surface area contributed by atoms with Crippen LogP contribution in [0, 0.1) is 0 Å². The van der Waals surface area contributed by atoms with Gasteiger partial charge < -0.3 is 5.32 Å². The van der Waals surface area contributed by atoms with Gasteiger partial charge in [-0.15, -0.1) is 11.8 Å². The van der Waals surface area contributed by atoms with E-state index in [4.69, 9.17) is 0 Å². The van der Waals surface area contributed by atoms with Crippen molar-refractivity contribution in [2.45, 2.75) is 11.3 Å². The molecule has 2 amide bonds. The highest BCUT2D eigenvalue weighted by Crippen LogP contribution is 2.13. The van der Waals surface area contributed by atoms with Gasteiger partial charge in [0.15, 0.2) is 0 Å². The van der Waals surface area contributed by atoms with E-state index >= 15 is 0 Å². The third-order valence-corrected chi connectivity index (χ3v) is 3.99. The summed E-state index contributed by atoms with van der Waals surface area (Å²) in [6.07, 6.45) is 4.17. The van der Waals surface area contributed by atoms with Crippen molar-refractivity contribution >= 4 is 29.8 Å². The van der Waals surface area contributed by atoms with Crippen molar-refractivity contribution in [1.82, 2.24) is 10.7 Å². The molecule has 6 heteroatoms. The van der Waals surface area contributed by atoms with E-state index in [9.17, 15) is 9.59 Å². The van der Waals surface area contributed by atoms with Crippen LogP contribution in [0.2, 0.25) is 0 Å². The Balaban J connectivity index is 1.72. The standard InChI is InChI=1S/C18H19N3O2S/c1-24-16-9-7-15(8-10-16)13-20-21-18(23)17(22)19-12-11-14-5-3-2-4-6-14/h2-10,13H,11-12H2,1H3,(H,19,22)(H,21,23)/b20-13+. The molecule has 0 aliphatic carbocycles. The summed E-state index contributed by atoms with van der Waals surface area (Å²) in [5.41, 5.74) is 4.17. The number of carbonyl (C=O) groups excluding carboxylic acids is 2. The van der Waals surface area contributed by atoms with Crippen molar-refractivity contribution in [3.05, 3.63) is 65.7 Å². The van der Waals surface area contributed by atoms with E-state index in [1.807, 2.05) is 60.9 Å². The Morgan fingerprint density at radius 3 is 2.42 bits per heavy atom. The molecule has 0 heterocycles. The molecule has 0 saturated carbocycles. The number of hydrogen-bond acceptors (Lipinski definition) is 4. The van der Waals surface area contributed by atoms with Gasteiger partial charge in [0.1, 0.15) is 0 Å². The summed E-state index contributed by atoms with van der Waals surface area (Å²) in [5, 5.41) is 6.36. The van der Waals surface area contributed by atoms with E-state index in [2.05, 4.69) is 15.8 Å². The zero-order valence-corrected chi connectivity index (χ0v) is 14.2. The largest absolute Gasteiger partial charge is 0.347 e. The molecule has 2 N–H and O–H groups in total. The lowest BCUT2D eigenvalue weighted by molar-refractivity contribution is -0.139. The van der Waals surface area contributed by atoms with Crippen LogP contribution in [0.25, 0.3) is 0 Å². The Morgan fingerprint density at radius 1 is 1.04 bits per heavy atom. The minimum Gasteiger partial charge on any atom is -0.347 e. The molecule has 0 aliphatic rings. The molecule has 2 rings (SSSR count). The normalized spacial score (nSPS) is 10.5.